The molecule has 0 bridgehead atoms. The van der Waals surface area contributed by atoms with Crippen molar-refractivity contribution in [2.45, 2.75) is 6.42 Å². The van der Waals surface area contributed by atoms with E-state index in [0.29, 0.717) is 23.8 Å². The van der Waals surface area contributed by atoms with Crippen LogP contribution in [0, 0.1) is 0 Å². The van der Waals surface area contributed by atoms with Gasteiger partial charge in [-0.2, -0.15) is 4.52 Å². The van der Waals surface area contributed by atoms with Gasteiger partial charge in [0.2, 0.25) is 5.88 Å². The van der Waals surface area contributed by atoms with Crippen molar-refractivity contribution < 1.29 is 4.74 Å². The quantitative estimate of drug-likeness (QED) is 0.488. The Morgan fingerprint density at radius 1 is 0.968 bits per heavy atom. The molecule has 0 amide bonds. The highest BCUT2D eigenvalue weighted by atomic mass is 16.5. The minimum absolute atomic E-state index is 0.524. The number of hydrogen-bond donors (Lipinski definition) is 0. The summed E-state index contributed by atoms with van der Waals surface area (Å²) in [6.07, 6.45) is 4.43. The summed E-state index contributed by atoms with van der Waals surface area (Å²) in [7, 11) is 3.75. The van der Waals surface area contributed by atoms with Gasteiger partial charge >= 0.3 is 0 Å². The van der Waals surface area contributed by atoms with Crippen molar-refractivity contribution in [1.29, 1.82) is 0 Å². The van der Waals surface area contributed by atoms with E-state index in [9.17, 15) is 0 Å². The Labute approximate surface area is 180 Å². The molecule has 1 aromatic carbocycles. The lowest BCUT2D eigenvalue weighted by Crippen LogP contribution is -2.44. The van der Waals surface area contributed by atoms with E-state index in [-0.39, 0.29) is 0 Å². The van der Waals surface area contributed by atoms with Crippen molar-refractivity contribution >= 4 is 11.3 Å². The average Bonchev–Trinajstić information content (AvgIpc) is 3.21. The number of ether oxygens (including phenoxy) is 1. The van der Waals surface area contributed by atoms with Crippen molar-refractivity contribution in [1.82, 2.24) is 34.7 Å². The maximum absolute atomic E-state index is 5.22. The molecule has 0 saturated carbocycles. The number of rotatable bonds is 5. The van der Waals surface area contributed by atoms with E-state index >= 15 is 0 Å². The first-order valence-electron chi connectivity index (χ1n) is 10.3. The molecular formula is C22H24N8O. The lowest BCUT2D eigenvalue weighted by atomic mass is 10.1. The second kappa shape index (κ2) is 8.27. The van der Waals surface area contributed by atoms with E-state index in [1.54, 1.807) is 17.7 Å². The number of anilines is 1. The van der Waals surface area contributed by atoms with Gasteiger partial charge in [-0.05, 0) is 24.7 Å². The maximum atomic E-state index is 5.22. The highest BCUT2D eigenvalue weighted by Gasteiger charge is 2.15. The fourth-order valence-electron chi connectivity index (χ4n) is 3.74. The largest absolute Gasteiger partial charge is 0.480 e. The third-order valence-corrected chi connectivity index (χ3v) is 5.57. The molecule has 0 radical (unpaired) electrons. The summed E-state index contributed by atoms with van der Waals surface area (Å²) in [5.41, 5.74) is 3.82. The summed E-state index contributed by atoms with van der Waals surface area (Å²) >= 11 is 0. The van der Waals surface area contributed by atoms with Crippen molar-refractivity contribution in [3.63, 3.8) is 0 Å². The Morgan fingerprint density at radius 2 is 1.77 bits per heavy atom. The third kappa shape index (κ3) is 4.04. The maximum Gasteiger partial charge on any atom is 0.231 e. The zero-order valence-corrected chi connectivity index (χ0v) is 17.6. The molecule has 158 valence electrons. The van der Waals surface area contributed by atoms with Crippen LogP contribution in [0.1, 0.15) is 11.4 Å². The van der Waals surface area contributed by atoms with Crippen LogP contribution >= 0.6 is 0 Å². The molecule has 1 aliphatic heterocycles. The molecule has 4 heterocycles. The smallest absolute Gasteiger partial charge is 0.231 e. The zero-order valence-electron chi connectivity index (χ0n) is 17.6. The number of methoxy groups -OCH3 is 1. The van der Waals surface area contributed by atoms with Crippen LogP contribution in [0.4, 0.5) is 5.69 Å². The highest BCUT2D eigenvalue weighted by Crippen LogP contribution is 2.21. The summed E-state index contributed by atoms with van der Waals surface area (Å²) in [4.78, 5) is 13.9. The van der Waals surface area contributed by atoms with Crippen molar-refractivity contribution in [2.24, 2.45) is 0 Å². The number of aromatic nitrogens is 6. The van der Waals surface area contributed by atoms with Crippen LogP contribution in [0.15, 0.2) is 48.8 Å². The molecule has 0 spiro atoms. The first-order valence-corrected chi connectivity index (χ1v) is 10.3. The van der Waals surface area contributed by atoms with Gasteiger partial charge in [0.15, 0.2) is 17.3 Å². The summed E-state index contributed by atoms with van der Waals surface area (Å²) in [5.74, 6) is 1.99. The minimum atomic E-state index is 0.524. The topological polar surface area (TPSA) is 84.6 Å². The number of likely N-dealkylation sites (N-methyl/N-ethyl adjacent to an activating group) is 1. The Morgan fingerprint density at radius 3 is 2.55 bits per heavy atom. The van der Waals surface area contributed by atoms with Gasteiger partial charge in [0.25, 0.3) is 0 Å². The number of hydrogen-bond acceptors (Lipinski definition) is 8. The molecule has 5 rings (SSSR count). The number of piperazine rings is 1. The zero-order chi connectivity index (χ0) is 21.2. The summed E-state index contributed by atoms with van der Waals surface area (Å²) < 4.78 is 6.94. The fourth-order valence-corrected chi connectivity index (χ4v) is 3.74. The van der Waals surface area contributed by atoms with Gasteiger partial charge in [0.1, 0.15) is 0 Å². The van der Waals surface area contributed by atoms with Crippen LogP contribution in [0.2, 0.25) is 0 Å². The highest BCUT2D eigenvalue weighted by molar-refractivity contribution is 5.58. The molecule has 0 atom stereocenters. The van der Waals surface area contributed by atoms with E-state index in [2.05, 4.69) is 54.2 Å². The molecule has 4 aromatic rings. The first kappa shape index (κ1) is 19.4. The number of benzene rings is 1. The Bertz CT molecular complexity index is 1180. The Kier molecular flexibility index (Phi) is 5.17. The average molecular weight is 416 g/mol. The molecule has 9 nitrogen and oxygen atoms in total. The first-order chi connectivity index (χ1) is 15.2. The number of fused-ring (bicyclic) bond motifs is 1. The molecule has 3 aromatic heterocycles. The summed E-state index contributed by atoms with van der Waals surface area (Å²) in [6, 6.07) is 11.8. The molecular weight excluding hydrogens is 392 g/mol. The van der Waals surface area contributed by atoms with Crippen LogP contribution in [0.5, 0.6) is 5.88 Å². The van der Waals surface area contributed by atoms with Crippen LogP contribution in [-0.4, -0.2) is 75.0 Å². The monoisotopic (exact) mass is 416 g/mol. The van der Waals surface area contributed by atoms with Gasteiger partial charge < -0.3 is 14.5 Å². The predicted octanol–water partition coefficient (Wildman–Crippen LogP) is 1.93. The molecule has 31 heavy (non-hydrogen) atoms. The van der Waals surface area contributed by atoms with E-state index in [4.69, 9.17) is 4.74 Å². The van der Waals surface area contributed by atoms with E-state index < -0.39 is 0 Å². The molecule has 1 fully saturated rings. The number of nitrogens with zero attached hydrogens (tertiary/aromatic N) is 8. The second-order valence-corrected chi connectivity index (χ2v) is 7.69. The van der Waals surface area contributed by atoms with Gasteiger partial charge in [-0.3, -0.25) is 0 Å². The molecule has 1 saturated heterocycles. The summed E-state index contributed by atoms with van der Waals surface area (Å²) in [6.45, 7) is 4.11. The van der Waals surface area contributed by atoms with Crippen molar-refractivity contribution in [2.75, 3.05) is 45.2 Å². The van der Waals surface area contributed by atoms with Crippen LogP contribution in [0.3, 0.4) is 0 Å². The molecule has 0 unspecified atom stereocenters. The SMILES string of the molecule is COc1ccc2nnc(Cc3cccc(-c4ncc(N5CCN(C)CC5)cn4)c3)n2n1. The molecule has 1 aliphatic rings. The van der Waals surface area contributed by atoms with Gasteiger partial charge in [-0.1, -0.05) is 18.2 Å². The van der Waals surface area contributed by atoms with Gasteiger partial charge in [0.05, 0.1) is 25.2 Å². The molecule has 0 N–H and O–H groups in total. The Balaban J connectivity index is 1.36. The third-order valence-electron chi connectivity index (χ3n) is 5.57. The molecule has 9 heteroatoms. The van der Waals surface area contributed by atoms with Crippen LogP contribution in [0.25, 0.3) is 17.0 Å². The second-order valence-electron chi connectivity index (χ2n) is 7.69. The van der Waals surface area contributed by atoms with E-state index in [0.717, 1.165) is 48.8 Å². The van der Waals surface area contributed by atoms with E-state index in [1.807, 2.05) is 30.6 Å². The van der Waals surface area contributed by atoms with Crippen LogP contribution in [-0.2, 0) is 6.42 Å². The molecule has 0 aliphatic carbocycles. The van der Waals surface area contributed by atoms with E-state index in [1.165, 1.54) is 0 Å². The van der Waals surface area contributed by atoms with Gasteiger partial charge in [-0.15, -0.1) is 15.3 Å². The minimum Gasteiger partial charge on any atom is -0.480 e. The van der Waals surface area contributed by atoms with Gasteiger partial charge in [-0.25, -0.2) is 9.97 Å². The lowest BCUT2D eigenvalue weighted by Gasteiger charge is -2.33. The van der Waals surface area contributed by atoms with Gasteiger partial charge in [0, 0.05) is 44.2 Å². The van der Waals surface area contributed by atoms with Crippen LogP contribution < -0.4 is 9.64 Å². The fraction of sp³-hybridized carbons (Fsp3) is 0.318. The lowest BCUT2D eigenvalue weighted by molar-refractivity contribution is 0.312. The normalized spacial score (nSPS) is 14.8. The van der Waals surface area contributed by atoms with Crippen molar-refractivity contribution in [3.05, 3.63) is 60.2 Å². The predicted molar refractivity (Wildman–Crippen MR) is 117 cm³/mol. The summed E-state index contributed by atoms with van der Waals surface area (Å²) in [5, 5.41) is 12.9. The standard InChI is InChI=1S/C22H24N8O/c1-28-8-10-29(11-9-28)18-14-23-22(24-15-18)17-5-3-4-16(12-17)13-20-26-25-19-6-7-21(31-2)27-30(19)20/h3-7,12,14-15H,8-11,13H2,1-2H3. The van der Waals surface area contributed by atoms with Crippen molar-refractivity contribution in [3.8, 4) is 17.3 Å². The Hall–Kier alpha value is -3.59.